The van der Waals surface area contributed by atoms with Crippen LogP contribution in [0.25, 0.3) is 0 Å². The van der Waals surface area contributed by atoms with E-state index in [1.165, 1.54) is 0 Å². The topological polar surface area (TPSA) is 41.5 Å². The van der Waals surface area contributed by atoms with Gasteiger partial charge in [-0.05, 0) is 36.8 Å². The Bertz CT molecular complexity index is 623. The predicted molar refractivity (Wildman–Crippen MR) is 80.4 cm³/mol. The van der Waals surface area contributed by atoms with E-state index in [0.29, 0.717) is 5.56 Å². The van der Waals surface area contributed by atoms with Crippen molar-refractivity contribution < 1.29 is 4.79 Å². The summed E-state index contributed by atoms with van der Waals surface area (Å²) in [4.78, 5) is 11.8. The number of hydrogen-bond acceptors (Lipinski definition) is 2. The van der Waals surface area contributed by atoms with Crippen molar-refractivity contribution >= 4 is 28.1 Å². The van der Waals surface area contributed by atoms with Crippen LogP contribution in [0, 0.1) is 6.92 Å². The summed E-state index contributed by atoms with van der Waals surface area (Å²) in [5.74, 6) is -0.213. The molecule has 0 fully saturated rings. The van der Waals surface area contributed by atoms with Crippen LogP contribution in [0.4, 0.5) is 0 Å². The van der Waals surface area contributed by atoms with E-state index in [1.54, 1.807) is 12.3 Å². The molecule has 0 bridgehead atoms. The van der Waals surface area contributed by atoms with Gasteiger partial charge in [-0.3, -0.25) is 4.79 Å². The summed E-state index contributed by atoms with van der Waals surface area (Å²) in [7, 11) is 0. The van der Waals surface area contributed by atoms with Crippen LogP contribution >= 0.6 is 15.9 Å². The molecule has 0 aliphatic carbocycles. The second-order valence-electron chi connectivity index (χ2n) is 4.12. The Balaban J connectivity index is 2.01. The van der Waals surface area contributed by atoms with Gasteiger partial charge in [0.1, 0.15) is 0 Å². The quantitative estimate of drug-likeness (QED) is 0.683. The van der Waals surface area contributed by atoms with Crippen LogP contribution in [0.3, 0.4) is 0 Å². The number of amides is 1. The molecule has 0 spiro atoms. The molecule has 2 aromatic carbocycles. The molecular weight excluding hydrogens is 304 g/mol. The minimum Gasteiger partial charge on any atom is -0.267 e. The van der Waals surface area contributed by atoms with Crippen molar-refractivity contribution in [2.75, 3.05) is 0 Å². The van der Waals surface area contributed by atoms with Gasteiger partial charge in [0.25, 0.3) is 5.91 Å². The number of carbonyl (C=O) groups excluding carboxylic acids is 1. The highest BCUT2D eigenvalue weighted by atomic mass is 79.9. The molecule has 0 heterocycles. The summed E-state index contributed by atoms with van der Waals surface area (Å²) in [6, 6.07) is 15.1. The number of benzene rings is 2. The summed E-state index contributed by atoms with van der Waals surface area (Å²) >= 11 is 3.38. The second-order valence-corrected chi connectivity index (χ2v) is 5.04. The largest absolute Gasteiger partial charge is 0.271 e. The lowest BCUT2D eigenvalue weighted by molar-refractivity contribution is 0.0955. The van der Waals surface area contributed by atoms with Gasteiger partial charge < -0.3 is 0 Å². The summed E-state index contributed by atoms with van der Waals surface area (Å²) in [5.41, 5.74) is 5.07. The number of nitrogens with one attached hydrogen (secondary N) is 1. The average Bonchev–Trinajstić information content (AvgIpc) is 2.38. The van der Waals surface area contributed by atoms with Gasteiger partial charge in [0.05, 0.1) is 6.21 Å². The first kappa shape index (κ1) is 13.5. The highest BCUT2D eigenvalue weighted by Gasteiger charge is 2.02. The third-order valence-corrected chi connectivity index (χ3v) is 3.00. The molecule has 1 N–H and O–H groups in total. The van der Waals surface area contributed by atoms with E-state index in [4.69, 9.17) is 0 Å². The number of nitrogens with zero attached hydrogens (tertiary/aromatic N) is 1. The molecular formula is C15H13BrN2O. The minimum atomic E-state index is -0.213. The number of halogens is 1. The van der Waals surface area contributed by atoms with E-state index in [0.717, 1.165) is 15.6 Å². The van der Waals surface area contributed by atoms with Crippen molar-refractivity contribution in [2.24, 2.45) is 5.10 Å². The van der Waals surface area contributed by atoms with Crippen molar-refractivity contribution in [1.82, 2.24) is 5.43 Å². The summed E-state index contributed by atoms with van der Waals surface area (Å²) in [6.07, 6.45) is 1.61. The molecule has 0 unspecified atom stereocenters. The normalized spacial score (nSPS) is 10.6. The Morgan fingerprint density at radius 2 is 2.00 bits per heavy atom. The van der Waals surface area contributed by atoms with Gasteiger partial charge >= 0.3 is 0 Å². The Labute approximate surface area is 120 Å². The molecule has 0 radical (unpaired) electrons. The van der Waals surface area contributed by atoms with Gasteiger partial charge in [0, 0.05) is 10.0 Å². The van der Waals surface area contributed by atoms with Crippen molar-refractivity contribution in [1.29, 1.82) is 0 Å². The summed E-state index contributed by atoms with van der Waals surface area (Å²) < 4.78 is 0.974. The number of hydrogen-bond donors (Lipinski definition) is 1. The SMILES string of the molecule is Cc1cccc(C(=O)N/N=C/c2cccc(Br)c2)c1. The molecule has 0 saturated heterocycles. The van der Waals surface area contributed by atoms with Gasteiger partial charge in [-0.2, -0.15) is 5.10 Å². The fourth-order valence-corrected chi connectivity index (χ4v) is 2.02. The molecule has 96 valence electrons. The number of hydrazone groups is 1. The minimum absolute atomic E-state index is 0.213. The first-order valence-electron chi connectivity index (χ1n) is 5.81. The van der Waals surface area contributed by atoms with Crippen molar-refractivity contribution in [3.63, 3.8) is 0 Å². The van der Waals surface area contributed by atoms with Crippen LogP contribution in [0.15, 0.2) is 58.1 Å². The molecule has 0 atom stereocenters. The highest BCUT2D eigenvalue weighted by Crippen LogP contribution is 2.09. The molecule has 0 saturated carbocycles. The monoisotopic (exact) mass is 316 g/mol. The fourth-order valence-electron chi connectivity index (χ4n) is 1.60. The van der Waals surface area contributed by atoms with Crippen LogP contribution in [-0.2, 0) is 0 Å². The third-order valence-electron chi connectivity index (χ3n) is 2.51. The molecule has 0 aromatic heterocycles. The smallest absolute Gasteiger partial charge is 0.267 e. The molecule has 2 rings (SSSR count). The zero-order chi connectivity index (χ0) is 13.7. The van der Waals surface area contributed by atoms with E-state index >= 15 is 0 Å². The Morgan fingerprint density at radius 3 is 2.74 bits per heavy atom. The second kappa shape index (κ2) is 6.29. The van der Waals surface area contributed by atoms with E-state index in [-0.39, 0.29) is 5.91 Å². The maximum Gasteiger partial charge on any atom is 0.271 e. The van der Waals surface area contributed by atoms with Crippen LogP contribution in [0.5, 0.6) is 0 Å². The lowest BCUT2D eigenvalue weighted by Gasteiger charge is -2.00. The molecule has 0 aliphatic rings. The Morgan fingerprint density at radius 1 is 1.21 bits per heavy atom. The third kappa shape index (κ3) is 4.03. The lowest BCUT2D eigenvalue weighted by Crippen LogP contribution is -2.17. The van der Waals surface area contributed by atoms with Gasteiger partial charge in [-0.25, -0.2) is 5.43 Å². The van der Waals surface area contributed by atoms with E-state index < -0.39 is 0 Å². The zero-order valence-corrected chi connectivity index (χ0v) is 12.0. The lowest BCUT2D eigenvalue weighted by atomic mass is 10.1. The van der Waals surface area contributed by atoms with Gasteiger partial charge in [0.15, 0.2) is 0 Å². The molecule has 19 heavy (non-hydrogen) atoms. The van der Waals surface area contributed by atoms with E-state index in [9.17, 15) is 4.79 Å². The first-order chi connectivity index (χ1) is 9.15. The van der Waals surface area contributed by atoms with E-state index in [1.807, 2.05) is 49.4 Å². The maximum atomic E-state index is 11.8. The van der Waals surface area contributed by atoms with Gasteiger partial charge in [0.2, 0.25) is 0 Å². The van der Waals surface area contributed by atoms with Crippen molar-refractivity contribution in [3.05, 3.63) is 69.7 Å². The van der Waals surface area contributed by atoms with Gasteiger partial charge in [-0.15, -0.1) is 0 Å². The average molecular weight is 317 g/mol. The van der Waals surface area contributed by atoms with Crippen LogP contribution in [0.2, 0.25) is 0 Å². The zero-order valence-electron chi connectivity index (χ0n) is 10.4. The number of carbonyl (C=O) groups is 1. The maximum absolute atomic E-state index is 11.8. The molecule has 0 aliphatic heterocycles. The van der Waals surface area contributed by atoms with Gasteiger partial charge in [-0.1, -0.05) is 45.8 Å². The van der Waals surface area contributed by atoms with Crippen LogP contribution in [-0.4, -0.2) is 12.1 Å². The Kier molecular flexibility index (Phi) is 4.47. The molecule has 3 nitrogen and oxygen atoms in total. The Hall–Kier alpha value is -1.94. The summed E-state index contributed by atoms with van der Waals surface area (Å²) in [5, 5.41) is 3.94. The van der Waals surface area contributed by atoms with Crippen molar-refractivity contribution in [2.45, 2.75) is 6.92 Å². The standard InChI is InChI=1S/C15H13BrN2O/c1-11-4-2-6-13(8-11)15(19)18-17-10-12-5-3-7-14(16)9-12/h2-10H,1H3,(H,18,19)/b17-10+. The molecule has 1 amide bonds. The first-order valence-corrected chi connectivity index (χ1v) is 6.60. The van der Waals surface area contributed by atoms with Crippen molar-refractivity contribution in [3.8, 4) is 0 Å². The summed E-state index contributed by atoms with van der Waals surface area (Å²) in [6.45, 7) is 1.95. The fraction of sp³-hybridized carbons (Fsp3) is 0.0667. The highest BCUT2D eigenvalue weighted by molar-refractivity contribution is 9.10. The molecule has 4 heteroatoms. The number of rotatable bonds is 3. The predicted octanol–water partition coefficient (Wildman–Crippen LogP) is 3.52. The van der Waals surface area contributed by atoms with E-state index in [2.05, 4.69) is 26.5 Å². The van der Waals surface area contributed by atoms with Crippen LogP contribution in [0.1, 0.15) is 21.5 Å². The number of aryl methyl sites for hydroxylation is 1. The van der Waals surface area contributed by atoms with Crippen LogP contribution < -0.4 is 5.43 Å². The molecule has 2 aromatic rings.